The fraction of sp³-hybridized carbons (Fsp3) is 0.400. The van der Waals surface area contributed by atoms with Gasteiger partial charge in [-0.25, -0.2) is 0 Å². The van der Waals surface area contributed by atoms with Crippen molar-refractivity contribution in [2.45, 2.75) is 32.2 Å². The van der Waals surface area contributed by atoms with Crippen LogP contribution in [-0.4, -0.2) is 25.6 Å². The quantitative estimate of drug-likeness (QED) is 0.280. The van der Waals surface area contributed by atoms with Gasteiger partial charge in [0.2, 0.25) is 0 Å². The van der Waals surface area contributed by atoms with E-state index in [1.807, 2.05) is 0 Å². The molecule has 0 fully saturated rings. The molecule has 0 radical (unpaired) electrons. The lowest BCUT2D eigenvalue weighted by atomic mass is 9.72. The van der Waals surface area contributed by atoms with E-state index in [0.29, 0.717) is 5.56 Å². The van der Waals surface area contributed by atoms with Crippen molar-refractivity contribution in [3.05, 3.63) is 32.7 Å². The maximum atomic E-state index is 13.4. The molecule has 20 heavy (non-hydrogen) atoms. The smallest absolute Gasteiger partial charge is 0.423 e. The molecule has 0 heterocycles. The molecule has 2 N–H and O–H groups in total. The molecule has 1 aromatic rings. The molecule has 0 saturated carbocycles. The van der Waals surface area contributed by atoms with Gasteiger partial charge in [0.25, 0.3) is 0 Å². The van der Waals surface area contributed by atoms with E-state index < -0.39 is 22.2 Å². The standard InChI is InChI=1S/C10H13BFN3O4S/c1-5-8(4-14-15-13)6(2)10(20(12,18)19)7(3)9(5)11(16)17/h16-17H,4H2,1-3H3. The summed E-state index contributed by atoms with van der Waals surface area (Å²) in [6.45, 7) is 3.98. The van der Waals surface area contributed by atoms with Gasteiger partial charge in [-0.2, -0.15) is 8.42 Å². The highest BCUT2D eigenvalue weighted by molar-refractivity contribution is 7.86. The minimum Gasteiger partial charge on any atom is -0.423 e. The molecule has 0 aliphatic rings. The lowest BCUT2D eigenvalue weighted by molar-refractivity contribution is 0.425. The molecule has 1 aromatic carbocycles. The summed E-state index contributed by atoms with van der Waals surface area (Å²) < 4.78 is 35.9. The van der Waals surface area contributed by atoms with Crippen molar-refractivity contribution in [1.29, 1.82) is 0 Å². The Kier molecular flexibility index (Phi) is 4.77. The van der Waals surface area contributed by atoms with E-state index in [4.69, 9.17) is 5.53 Å². The molecule has 0 saturated heterocycles. The van der Waals surface area contributed by atoms with E-state index in [1.54, 1.807) is 0 Å². The van der Waals surface area contributed by atoms with Gasteiger partial charge in [0, 0.05) is 4.91 Å². The van der Waals surface area contributed by atoms with Gasteiger partial charge in [-0.05, 0) is 54.0 Å². The average Bonchev–Trinajstić information content (AvgIpc) is 2.25. The third-order valence-corrected chi connectivity index (χ3v) is 4.29. The minimum atomic E-state index is -5.04. The zero-order valence-electron chi connectivity index (χ0n) is 11.1. The number of rotatable bonds is 4. The highest BCUT2D eigenvalue weighted by atomic mass is 32.3. The largest absolute Gasteiger partial charge is 0.489 e. The van der Waals surface area contributed by atoms with Crippen molar-refractivity contribution < 1.29 is 22.4 Å². The van der Waals surface area contributed by atoms with Crippen molar-refractivity contribution in [1.82, 2.24) is 0 Å². The molecule has 0 amide bonds. The summed E-state index contributed by atoms with van der Waals surface area (Å²) in [6, 6.07) is 0. The molecule has 0 aromatic heterocycles. The number of halogens is 1. The lowest BCUT2D eigenvalue weighted by Gasteiger charge is -2.19. The highest BCUT2D eigenvalue weighted by Gasteiger charge is 2.29. The number of hydrogen-bond acceptors (Lipinski definition) is 5. The number of hydrogen-bond donors (Lipinski definition) is 2. The fourth-order valence-corrected chi connectivity index (χ4v) is 3.32. The third-order valence-electron chi connectivity index (χ3n) is 3.19. The number of benzene rings is 1. The second kappa shape index (κ2) is 5.80. The second-order valence-electron chi connectivity index (χ2n) is 4.30. The lowest BCUT2D eigenvalue weighted by Crippen LogP contribution is -2.36. The van der Waals surface area contributed by atoms with Crippen molar-refractivity contribution in [2.75, 3.05) is 0 Å². The first-order chi connectivity index (χ1) is 9.12. The third kappa shape index (κ3) is 2.93. The fourth-order valence-electron chi connectivity index (χ4n) is 2.36. The van der Waals surface area contributed by atoms with Gasteiger partial charge in [0.15, 0.2) is 0 Å². The van der Waals surface area contributed by atoms with E-state index in [2.05, 4.69) is 10.0 Å². The summed E-state index contributed by atoms with van der Waals surface area (Å²) in [5.41, 5.74) is 8.88. The molecular weight excluding hydrogens is 288 g/mol. The van der Waals surface area contributed by atoms with Crippen LogP contribution in [0.1, 0.15) is 22.3 Å². The van der Waals surface area contributed by atoms with Crippen LogP contribution in [0.3, 0.4) is 0 Å². The van der Waals surface area contributed by atoms with Gasteiger partial charge in [0.05, 0.1) is 6.54 Å². The van der Waals surface area contributed by atoms with Crippen LogP contribution in [0.5, 0.6) is 0 Å². The summed E-state index contributed by atoms with van der Waals surface area (Å²) in [5.74, 6) is 0. The Labute approximate surface area is 116 Å². The number of nitrogens with zero attached hydrogens (tertiary/aromatic N) is 3. The maximum absolute atomic E-state index is 13.4. The Bertz CT molecular complexity index is 699. The first-order valence-electron chi connectivity index (χ1n) is 5.57. The first-order valence-corrected chi connectivity index (χ1v) is 6.95. The first kappa shape index (κ1) is 16.4. The Hall–Kier alpha value is -1.61. The van der Waals surface area contributed by atoms with Gasteiger partial charge in [-0.3, -0.25) is 0 Å². The molecule has 0 unspecified atom stereocenters. The SMILES string of the molecule is Cc1c(CN=[N+]=[N-])c(C)c(S(=O)(=O)F)c(C)c1B(O)O. The van der Waals surface area contributed by atoms with Gasteiger partial charge < -0.3 is 10.0 Å². The van der Waals surface area contributed by atoms with Crippen molar-refractivity contribution >= 4 is 22.8 Å². The Morgan fingerprint density at radius 3 is 2.20 bits per heavy atom. The summed E-state index contributed by atoms with van der Waals surface area (Å²) in [6.07, 6.45) is 0. The van der Waals surface area contributed by atoms with Crippen LogP contribution in [0.15, 0.2) is 10.0 Å². The molecule has 108 valence electrons. The van der Waals surface area contributed by atoms with Crippen LogP contribution in [0.4, 0.5) is 3.89 Å². The summed E-state index contributed by atoms with van der Waals surface area (Å²) in [5, 5.41) is 22.0. The molecular formula is C10H13BFN3O4S. The van der Waals surface area contributed by atoms with E-state index in [9.17, 15) is 22.4 Å². The molecule has 0 aliphatic heterocycles. The monoisotopic (exact) mass is 301 g/mol. The van der Waals surface area contributed by atoms with Gasteiger partial charge in [-0.1, -0.05) is 5.11 Å². The average molecular weight is 301 g/mol. The van der Waals surface area contributed by atoms with Crippen molar-refractivity contribution in [3.8, 4) is 0 Å². The zero-order chi connectivity index (χ0) is 15.7. The summed E-state index contributed by atoms with van der Waals surface area (Å²) >= 11 is 0. The van der Waals surface area contributed by atoms with E-state index in [1.165, 1.54) is 20.8 Å². The molecule has 0 spiro atoms. The molecule has 0 bridgehead atoms. The summed E-state index contributed by atoms with van der Waals surface area (Å²) in [4.78, 5) is 1.94. The molecule has 0 aliphatic carbocycles. The van der Waals surface area contributed by atoms with Crippen LogP contribution < -0.4 is 5.46 Å². The molecule has 10 heteroatoms. The maximum Gasteiger partial charge on any atom is 0.489 e. The van der Waals surface area contributed by atoms with E-state index in [0.717, 1.165) is 0 Å². The summed E-state index contributed by atoms with van der Waals surface area (Å²) in [7, 11) is -7.00. The van der Waals surface area contributed by atoms with Crippen molar-refractivity contribution in [3.63, 3.8) is 0 Å². The number of azide groups is 1. The Morgan fingerprint density at radius 2 is 1.80 bits per heavy atom. The van der Waals surface area contributed by atoms with Crippen LogP contribution >= 0.6 is 0 Å². The van der Waals surface area contributed by atoms with Crippen molar-refractivity contribution in [2.24, 2.45) is 5.11 Å². The Morgan fingerprint density at radius 1 is 1.25 bits per heavy atom. The van der Waals surface area contributed by atoms with Gasteiger partial charge >= 0.3 is 17.3 Å². The van der Waals surface area contributed by atoms with Crippen LogP contribution in [0, 0.1) is 20.8 Å². The second-order valence-corrected chi connectivity index (χ2v) is 5.58. The zero-order valence-corrected chi connectivity index (χ0v) is 11.9. The predicted octanol–water partition coefficient (Wildman–Crippen LogP) is 0.760. The van der Waals surface area contributed by atoms with Crippen LogP contribution in [0.2, 0.25) is 0 Å². The van der Waals surface area contributed by atoms with E-state index in [-0.39, 0.29) is 28.7 Å². The van der Waals surface area contributed by atoms with Crippen LogP contribution in [0.25, 0.3) is 10.4 Å². The predicted molar refractivity (Wildman–Crippen MR) is 71.6 cm³/mol. The van der Waals surface area contributed by atoms with E-state index >= 15 is 0 Å². The normalized spacial score (nSPS) is 11.1. The Balaban J connectivity index is 3.88. The molecule has 7 nitrogen and oxygen atoms in total. The minimum absolute atomic E-state index is 0.0674. The highest BCUT2D eigenvalue weighted by Crippen LogP contribution is 2.27. The topological polar surface area (TPSA) is 123 Å². The van der Waals surface area contributed by atoms with Gasteiger partial charge in [-0.15, -0.1) is 3.89 Å². The van der Waals surface area contributed by atoms with Gasteiger partial charge in [0.1, 0.15) is 4.90 Å². The molecule has 0 atom stereocenters. The van der Waals surface area contributed by atoms with Crippen LogP contribution in [-0.2, 0) is 16.8 Å². The molecule has 1 rings (SSSR count).